The van der Waals surface area contributed by atoms with Gasteiger partial charge in [0.1, 0.15) is 18.5 Å². The highest BCUT2D eigenvalue weighted by molar-refractivity contribution is 5.80. The average Bonchev–Trinajstić information content (AvgIpc) is 3.18. The molecule has 0 aliphatic heterocycles. The first kappa shape index (κ1) is 19.0. The monoisotopic (exact) mass is 372 g/mol. The number of carbonyl (C=O) groups excluding carboxylic acids is 1. The lowest BCUT2D eigenvalue weighted by atomic mass is 9.84. The fraction of sp³-hybridized carbons (Fsp3) is 0.611. The van der Waals surface area contributed by atoms with Crippen LogP contribution in [-0.2, 0) is 11.0 Å². The Labute approximate surface area is 149 Å². The Hall–Kier alpha value is -1.80. The summed E-state index contributed by atoms with van der Waals surface area (Å²) in [7, 11) is 0. The minimum Gasteiger partial charge on any atom is -0.491 e. The van der Waals surface area contributed by atoms with Gasteiger partial charge in [-0.2, -0.15) is 13.2 Å². The molecule has 8 heteroatoms. The number of alkyl halides is 3. The van der Waals surface area contributed by atoms with Gasteiger partial charge in [-0.1, -0.05) is 6.07 Å². The fourth-order valence-corrected chi connectivity index (χ4v) is 4.07. The van der Waals surface area contributed by atoms with E-state index in [2.05, 4.69) is 5.32 Å². The Morgan fingerprint density at radius 2 is 2.08 bits per heavy atom. The van der Waals surface area contributed by atoms with Crippen LogP contribution in [0.5, 0.6) is 5.75 Å². The van der Waals surface area contributed by atoms with Gasteiger partial charge in [0, 0.05) is 12.6 Å². The van der Waals surface area contributed by atoms with Gasteiger partial charge in [-0.25, -0.2) is 0 Å². The van der Waals surface area contributed by atoms with E-state index in [1.165, 1.54) is 12.1 Å². The Morgan fingerprint density at radius 3 is 2.73 bits per heavy atom. The molecule has 1 aromatic rings. The maximum atomic E-state index is 12.7. The largest absolute Gasteiger partial charge is 0.491 e. The zero-order valence-electron chi connectivity index (χ0n) is 14.2. The molecule has 2 aliphatic rings. The molecule has 0 aromatic heterocycles. The SMILES string of the molecule is NC1C2CCC(C2)C1C(=O)NCC(O)COc1cccc(C(F)(F)F)c1. The fourth-order valence-electron chi connectivity index (χ4n) is 4.07. The highest BCUT2D eigenvalue weighted by Gasteiger charge is 2.49. The van der Waals surface area contributed by atoms with E-state index >= 15 is 0 Å². The second-order valence-electron chi connectivity index (χ2n) is 7.17. The van der Waals surface area contributed by atoms with E-state index in [0.29, 0.717) is 11.8 Å². The molecule has 1 aromatic carbocycles. The third kappa shape index (κ3) is 4.12. The molecule has 0 saturated heterocycles. The van der Waals surface area contributed by atoms with Crippen molar-refractivity contribution in [2.75, 3.05) is 13.2 Å². The van der Waals surface area contributed by atoms with Gasteiger partial charge >= 0.3 is 6.18 Å². The summed E-state index contributed by atoms with van der Waals surface area (Å²) in [4.78, 5) is 12.3. The first-order chi connectivity index (χ1) is 12.3. The second kappa shape index (κ2) is 7.44. The Balaban J connectivity index is 1.45. The maximum Gasteiger partial charge on any atom is 0.416 e. The van der Waals surface area contributed by atoms with Gasteiger partial charge in [0.05, 0.1) is 11.5 Å². The van der Waals surface area contributed by atoms with Gasteiger partial charge in [-0.3, -0.25) is 4.79 Å². The van der Waals surface area contributed by atoms with Crippen molar-refractivity contribution >= 4 is 5.91 Å². The Morgan fingerprint density at radius 1 is 1.35 bits per heavy atom. The summed E-state index contributed by atoms with van der Waals surface area (Å²) in [6.07, 6.45) is -2.41. The second-order valence-corrected chi connectivity index (χ2v) is 7.17. The summed E-state index contributed by atoms with van der Waals surface area (Å²) in [5, 5.41) is 12.6. The Bertz CT molecular complexity index is 651. The summed E-state index contributed by atoms with van der Waals surface area (Å²) < 4.78 is 43.2. The summed E-state index contributed by atoms with van der Waals surface area (Å²) in [6.45, 7) is -0.247. The van der Waals surface area contributed by atoms with Crippen molar-refractivity contribution in [3.8, 4) is 5.75 Å². The van der Waals surface area contributed by atoms with Crippen molar-refractivity contribution in [2.24, 2.45) is 23.5 Å². The molecular formula is C18H23F3N2O3. The number of aliphatic hydroxyl groups excluding tert-OH is 1. The molecule has 2 fully saturated rings. The molecule has 5 atom stereocenters. The Kier molecular flexibility index (Phi) is 5.43. The maximum absolute atomic E-state index is 12.7. The number of hydrogen-bond acceptors (Lipinski definition) is 4. The van der Waals surface area contributed by atoms with Crippen LogP contribution in [0.4, 0.5) is 13.2 Å². The third-order valence-electron chi connectivity index (χ3n) is 5.40. The van der Waals surface area contributed by atoms with E-state index in [0.717, 1.165) is 31.4 Å². The number of nitrogens with two attached hydrogens (primary N) is 1. The van der Waals surface area contributed by atoms with Crippen LogP contribution in [0.25, 0.3) is 0 Å². The summed E-state index contributed by atoms with van der Waals surface area (Å²) in [6, 6.07) is 4.31. The number of rotatable bonds is 6. The van der Waals surface area contributed by atoms with Gasteiger partial charge in [-0.05, 0) is 49.3 Å². The molecule has 0 spiro atoms. The van der Waals surface area contributed by atoms with E-state index in [1.54, 1.807) is 0 Å². The molecule has 144 valence electrons. The first-order valence-corrected chi connectivity index (χ1v) is 8.77. The van der Waals surface area contributed by atoms with Crippen LogP contribution in [0.1, 0.15) is 24.8 Å². The van der Waals surface area contributed by atoms with Crippen LogP contribution in [0.15, 0.2) is 24.3 Å². The summed E-state index contributed by atoms with van der Waals surface area (Å²) in [5.74, 6) is 0.354. The molecule has 5 nitrogen and oxygen atoms in total. The summed E-state index contributed by atoms with van der Waals surface area (Å²) in [5.41, 5.74) is 5.30. The lowest BCUT2D eigenvalue weighted by Crippen LogP contribution is -2.47. The third-order valence-corrected chi connectivity index (χ3v) is 5.40. The van der Waals surface area contributed by atoms with Crippen molar-refractivity contribution in [1.82, 2.24) is 5.32 Å². The van der Waals surface area contributed by atoms with E-state index in [9.17, 15) is 23.1 Å². The molecule has 2 aliphatic carbocycles. The van der Waals surface area contributed by atoms with Gasteiger partial charge in [0.2, 0.25) is 5.91 Å². The van der Waals surface area contributed by atoms with Gasteiger partial charge in [0.25, 0.3) is 0 Å². The number of fused-ring (bicyclic) bond motifs is 2. The lowest BCUT2D eigenvalue weighted by molar-refractivity contribution is -0.137. The van der Waals surface area contributed by atoms with Crippen LogP contribution >= 0.6 is 0 Å². The molecule has 0 radical (unpaired) electrons. The van der Waals surface area contributed by atoms with Crippen LogP contribution in [0.3, 0.4) is 0 Å². The molecule has 4 N–H and O–H groups in total. The van der Waals surface area contributed by atoms with Crippen LogP contribution in [-0.4, -0.2) is 36.3 Å². The van der Waals surface area contributed by atoms with Gasteiger partial charge < -0.3 is 20.9 Å². The number of aliphatic hydroxyl groups is 1. The quantitative estimate of drug-likeness (QED) is 0.713. The number of hydrogen-bond donors (Lipinski definition) is 3. The highest BCUT2D eigenvalue weighted by atomic mass is 19.4. The normalized spacial score (nSPS) is 28.8. The predicted molar refractivity (Wildman–Crippen MR) is 88.3 cm³/mol. The molecule has 2 saturated carbocycles. The molecule has 3 rings (SSSR count). The van der Waals surface area contributed by atoms with Crippen molar-refractivity contribution in [2.45, 2.75) is 37.6 Å². The van der Waals surface area contributed by atoms with Gasteiger partial charge in [0.15, 0.2) is 0 Å². The molecular weight excluding hydrogens is 349 g/mol. The van der Waals surface area contributed by atoms with Crippen molar-refractivity contribution in [3.63, 3.8) is 0 Å². The molecule has 2 bridgehead atoms. The number of halogens is 3. The number of amides is 1. The zero-order valence-corrected chi connectivity index (χ0v) is 14.2. The number of benzene rings is 1. The first-order valence-electron chi connectivity index (χ1n) is 8.77. The molecule has 26 heavy (non-hydrogen) atoms. The minimum atomic E-state index is -4.45. The number of ether oxygens (including phenoxy) is 1. The van der Waals surface area contributed by atoms with Crippen LogP contribution < -0.4 is 15.8 Å². The standard InChI is InChI=1S/C18H23F3N2O3/c19-18(20,21)12-2-1-3-14(7-12)26-9-13(24)8-23-17(25)15-10-4-5-11(6-10)16(15)22/h1-3,7,10-11,13,15-16,24H,4-6,8-9,22H2,(H,23,25). The lowest BCUT2D eigenvalue weighted by Gasteiger charge is -2.27. The van der Waals surface area contributed by atoms with Gasteiger partial charge in [-0.15, -0.1) is 0 Å². The number of carbonyl (C=O) groups is 1. The predicted octanol–water partition coefficient (Wildman–Crippen LogP) is 1.93. The van der Waals surface area contributed by atoms with E-state index < -0.39 is 17.8 Å². The smallest absolute Gasteiger partial charge is 0.416 e. The molecule has 5 unspecified atom stereocenters. The summed E-state index contributed by atoms with van der Waals surface area (Å²) >= 11 is 0. The van der Waals surface area contributed by atoms with Crippen molar-refractivity contribution in [1.29, 1.82) is 0 Å². The minimum absolute atomic E-state index is 0.0142. The average molecular weight is 372 g/mol. The highest BCUT2D eigenvalue weighted by Crippen LogP contribution is 2.47. The molecule has 1 amide bonds. The van der Waals surface area contributed by atoms with Crippen LogP contribution in [0.2, 0.25) is 0 Å². The number of nitrogens with one attached hydrogen (secondary N) is 1. The van der Waals surface area contributed by atoms with E-state index in [-0.39, 0.29) is 36.8 Å². The van der Waals surface area contributed by atoms with Crippen molar-refractivity contribution in [3.05, 3.63) is 29.8 Å². The van der Waals surface area contributed by atoms with Crippen molar-refractivity contribution < 1.29 is 27.8 Å². The topological polar surface area (TPSA) is 84.6 Å². The van der Waals surface area contributed by atoms with Crippen LogP contribution in [0, 0.1) is 17.8 Å². The molecule has 0 heterocycles. The van der Waals surface area contributed by atoms with E-state index in [1.807, 2.05) is 0 Å². The van der Waals surface area contributed by atoms with E-state index in [4.69, 9.17) is 10.5 Å². The zero-order chi connectivity index (χ0) is 18.9.